The lowest BCUT2D eigenvalue weighted by Crippen LogP contribution is -2.32. The molecule has 2 heterocycles. The molecule has 0 radical (unpaired) electrons. The molecule has 162 valence electrons. The largest absolute Gasteiger partial charge is 0.340 e. The molecule has 3 aromatic rings. The summed E-state index contributed by atoms with van der Waals surface area (Å²) in [6.45, 7) is 4.33. The maximum atomic E-state index is 14.2. The summed E-state index contributed by atoms with van der Waals surface area (Å²) < 4.78 is 16.1. The monoisotopic (exact) mass is 440 g/mol. The lowest BCUT2D eigenvalue weighted by atomic mass is 10.0. The number of nitrogens with zero attached hydrogens (tertiary/aromatic N) is 4. The van der Waals surface area contributed by atoms with Crippen LogP contribution in [0.3, 0.4) is 0 Å². The van der Waals surface area contributed by atoms with Crippen LogP contribution in [-0.4, -0.2) is 39.1 Å². The molecule has 5 nitrogen and oxygen atoms in total. The molecule has 0 unspecified atom stereocenters. The second kappa shape index (κ2) is 9.20. The molecule has 1 aliphatic heterocycles. The average molecular weight is 441 g/mol. The Labute approximate surface area is 187 Å². The van der Waals surface area contributed by atoms with Gasteiger partial charge in [-0.3, -0.25) is 9.69 Å². The Hall–Kier alpha value is -2.70. The van der Waals surface area contributed by atoms with Crippen molar-refractivity contribution in [1.82, 2.24) is 19.6 Å². The molecule has 0 N–H and O–H groups in total. The van der Waals surface area contributed by atoms with Crippen LogP contribution in [0.1, 0.15) is 35.9 Å². The highest BCUT2D eigenvalue weighted by Crippen LogP contribution is 2.28. The van der Waals surface area contributed by atoms with Crippen molar-refractivity contribution in [2.45, 2.75) is 39.4 Å². The molecule has 31 heavy (non-hydrogen) atoms. The fourth-order valence-corrected chi connectivity index (χ4v) is 4.18. The summed E-state index contributed by atoms with van der Waals surface area (Å²) in [5.41, 5.74) is 4.77. The number of aromatic nitrogens is 2. The van der Waals surface area contributed by atoms with E-state index in [9.17, 15) is 9.18 Å². The maximum Gasteiger partial charge on any atom is 0.222 e. The van der Waals surface area contributed by atoms with Gasteiger partial charge >= 0.3 is 0 Å². The van der Waals surface area contributed by atoms with E-state index in [1.54, 1.807) is 18.0 Å². The number of carbonyl (C=O) groups is 1. The van der Waals surface area contributed by atoms with Gasteiger partial charge in [0.1, 0.15) is 5.82 Å². The van der Waals surface area contributed by atoms with Crippen LogP contribution in [0.25, 0.3) is 5.69 Å². The summed E-state index contributed by atoms with van der Waals surface area (Å²) in [4.78, 5) is 16.1. The summed E-state index contributed by atoms with van der Waals surface area (Å²) >= 11 is 6.07. The Morgan fingerprint density at radius 3 is 2.65 bits per heavy atom. The third-order valence-electron chi connectivity index (χ3n) is 5.76. The van der Waals surface area contributed by atoms with Crippen LogP contribution >= 0.6 is 11.6 Å². The predicted octanol–water partition coefficient (Wildman–Crippen LogP) is 4.59. The zero-order chi connectivity index (χ0) is 22.0. The molecule has 0 saturated heterocycles. The fourth-order valence-electron chi connectivity index (χ4n) is 4.05. The van der Waals surface area contributed by atoms with E-state index in [2.05, 4.69) is 4.90 Å². The van der Waals surface area contributed by atoms with Gasteiger partial charge in [0.2, 0.25) is 5.91 Å². The van der Waals surface area contributed by atoms with E-state index in [1.165, 1.54) is 6.07 Å². The molecule has 1 aliphatic rings. The van der Waals surface area contributed by atoms with Crippen LogP contribution in [0.5, 0.6) is 0 Å². The smallest absolute Gasteiger partial charge is 0.222 e. The van der Waals surface area contributed by atoms with Crippen LogP contribution in [0.4, 0.5) is 4.39 Å². The van der Waals surface area contributed by atoms with Gasteiger partial charge in [0.25, 0.3) is 0 Å². The van der Waals surface area contributed by atoms with Crippen LogP contribution in [0.2, 0.25) is 5.02 Å². The molecule has 0 spiro atoms. The van der Waals surface area contributed by atoms with Gasteiger partial charge in [0, 0.05) is 55.7 Å². The molecule has 1 aromatic heterocycles. The highest BCUT2D eigenvalue weighted by molar-refractivity contribution is 6.30. The Kier molecular flexibility index (Phi) is 6.39. The normalized spacial score (nSPS) is 13.8. The Morgan fingerprint density at radius 1 is 1.19 bits per heavy atom. The number of fused-ring (bicyclic) bond motifs is 1. The average Bonchev–Trinajstić information content (AvgIpc) is 3.13. The SMILES string of the molecule is CCC(=O)N(C)Cc1nn(-c2ccc(Cl)cc2)c2c1CN(Cc1ccccc1F)CC2. The van der Waals surface area contributed by atoms with Gasteiger partial charge in [0.05, 0.1) is 23.6 Å². The molecule has 2 aromatic carbocycles. The van der Waals surface area contributed by atoms with E-state index in [0.29, 0.717) is 36.6 Å². The van der Waals surface area contributed by atoms with Crippen molar-refractivity contribution >= 4 is 17.5 Å². The highest BCUT2D eigenvalue weighted by atomic mass is 35.5. The molecule has 7 heteroatoms. The van der Waals surface area contributed by atoms with Gasteiger partial charge in [-0.25, -0.2) is 9.07 Å². The third kappa shape index (κ3) is 4.65. The number of hydrogen-bond donors (Lipinski definition) is 0. The van der Waals surface area contributed by atoms with Crippen LogP contribution in [0, 0.1) is 5.82 Å². The Balaban J connectivity index is 1.66. The van der Waals surface area contributed by atoms with Gasteiger partial charge in [0.15, 0.2) is 0 Å². The number of rotatable bonds is 6. The molecule has 0 aliphatic carbocycles. The van der Waals surface area contributed by atoms with E-state index in [4.69, 9.17) is 16.7 Å². The number of hydrogen-bond acceptors (Lipinski definition) is 3. The van der Waals surface area contributed by atoms with Crippen LogP contribution < -0.4 is 0 Å². The first-order valence-electron chi connectivity index (χ1n) is 10.5. The van der Waals surface area contributed by atoms with E-state index in [0.717, 1.165) is 35.6 Å². The van der Waals surface area contributed by atoms with Crippen molar-refractivity contribution in [3.05, 3.63) is 81.9 Å². The van der Waals surface area contributed by atoms with E-state index >= 15 is 0 Å². The lowest BCUT2D eigenvalue weighted by molar-refractivity contribution is -0.130. The number of amides is 1. The number of carbonyl (C=O) groups excluding carboxylic acids is 1. The van der Waals surface area contributed by atoms with Gasteiger partial charge < -0.3 is 4.90 Å². The predicted molar refractivity (Wildman–Crippen MR) is 120 cm³/mol. The molecule has 0 bridgehead atoms. The topological polar surface area (TPSA) is 41.4 Å². The van der Waals surface area contributed by atoms with Crippen molar-refractivity contribution in [3.8, 4) is 5.69 Å². The first-order valence-corrected chi connectivity index (χ1v) is 10.9. The zero-order valence-electron chi connectivity index (χ0n) is 17.8. The summed E-state index contributed by atoms with van der Waals surface area (Å²) in [5.74, 6) is -0.104. The summed E-state index contributed by atoms with van der Waals surface area (Å²) in [6, 6.07) is 14.5. The van der Waals surface area contributed by atoms with Crippen LogP contribution in [0.15, 0.2) is 48.5 Å². The van der Waals surface area contributed by atoms with Crippen molar-refractivity contribution < 1.29 is 9.18 Å². The van der Waals surface area contributed by atoms with Gasteiger partial charge in [-0.05, 0) is 30.3 Å². The highest BCUT2D eigenvalue weighted by Gasteiger charge is 2.27. The minimum atomic E-state index is -0.182. The minimum absolute atomic E-state index is 0.0776. The molecular formula is C24H26ClFN4O. The first kappa shape index (κ1) is 21.5. The van der Waals surface area contributed by atoms with Crippen LogP contribution in [-0.2, 0) is 30.8 Å². The summed E-state index contributed by atoms with van der Waals surface area (Å²) in [6.07, 6.45) is 1.25. The van der Waals surface area contributed by atoms with E-state index < -0.39 is 0 Å². The number of halogens is 2. The molecule has 0 fully saturated rings. The molecular weight excluding hydrogens is 415 g/mol. The van der Waals surface area contributed by atoms with E-state index in [-0.39, 0.29) is 11.7 Å². The second-order valence-electron chi connectivity index (χ2n) is 7.92. The molecule has 0 atom stereocenters. The van der Waals surface area contributed by atoms with Gasteiger partial charge in [-0.1, -0.05) is 36.7 Å². The third-order valence-corrected chi connectivity index (χ3v) is 6.01. The number of benzene rings is 2. The molecule has 1 amide bonds. The second-order valence-corrected chi connectivity index (χ2v) is 8.35. The molecule has 0 saturated carbocycles. The maximum absolute atomic E-state index is 14.2. The van der Waals surface area contributed by atoms with Gasteiger partial charge in [-0.2, -0.15) is 5.10 Å². The minimum Gasteiger partial charge on any atom is -0.340 e. The fraction of sp³-hybridized carbons (Fsp3) is 0.333. The van der Waals surface area contributed by atoms with E-state index in [1.807, 2.05) is 48.0 Å². The first-order chi connectivity index (χ1) is 15.0. The van der Waals surface area contributed by atoms with Crippen molar-refractivity contribution in [2.24, 2.45) is 0 Å². The lowest BCUT2D eigenvalue weighted by Gasteiger charge is -2.28. The van der Waals surface area contributed by atoms with Crippen molar-refractivity contribution in [1.29, 1.82) is 0 Å². The van der Waals surface area contributed by atoms with Crippen molar-refractivity contribution in [2.75, 3.05) is 13.6 Å². The summed E-state index contributed by atoms with van der Waals surface area (Å²) in [5, 5.41) is 5.56. The quantitative estimate of drug-likeness (QED) is 0.563. The molecule has 4 rings (SSSR count). The Morgan fingerprint density at radius 2 is 1.94 bits per heavy atom. The zero-order valence-corrected chi connectivity index (χ0v) is 18.6. The summed E-state index contributed by atoms with van der Waals surface area (Å²) in [7, 11) is 1.81. The Bertz CT molecular complexity index is 1080. The van der Waals surface area contributed by atoms with Gasteiger partial charge in [-0.15, -0.1) is 0 Å². The standard InChI is InChI=1S/C24H26ClFN4O/c1-3-24(31)28(2)16-22-20-15-29(14-17-6-4-5-7-21(17)26)13-12-23(20)30(27-22)19-10-8-18(25)9-11-19/h4-11H,3,12-16H2,1-2H3. The van der Waals surface area contributed by atoms with Crippen molar-refractivity contribution in [3.63, 3.8) is 0 Å².